The maximum atomic E-state index is 11.1. The minimum Gasteiger partial charge on any atom is -0.453 e. The average Bonchev–Trinajstić information content (AvgIpc) is 2.77. The molecule has 5 nitrogen and oxygen atoms in total. The molecule has 1 heterocycles. The molecule has 0 saturated carbocycles. The van der Waals surface area contributed by atoms with Gasteiger partial charge in [-0.15, -0.1) is 0 Å². The lowest BCUT2D eigenvalue weighted by Crippen LogP contribution is -2.11. The highest BCUT2D eigenvalue weighted by Crippen LogP contribution is 2.42. The fraction of sp³-hybridized carbons (Fsp3) is 0.111. The Kier molecular flexibility index (Phi) is 3.77. The second-order valence-corrected chi connectivity index (χ2v) is 4.69. The molecule has 2 N–H and O–H groups in total. The summed E-state index contributed by atoms with van der Waals surface area (Å²) in [4.78, 5) is 17.8. The third kappa shape index (κ3) is 2.19. The largest absolute Gasteiger partial charge is 0.453 e. The summed E-state index contributed by atoms with van der Waals surface area (Å²) in [5, 5.41) is 2.88. The molecule has 1 aromatic carbocycles. The average molecular weight is 329 g/mol. The van der Waals surface area contributed by atoms with Crippen molar-refractivity contribution in [1.29, 1.82) is 0 Å². The predicted octanol–water partition coefficient (Wildman–Crippen LogP) is 4.35. The van der Waals surface area contributed by atoms with E-state index in [9.17, 15) is 4.79 Å². The first-order chi connectivity index (χ1) is 8.45. The molecule has 0 aliphatic rings. The first-order valence-corrected chi connectivity index (χ1v) is 6.03. The van der Waals surface area contributed by atoms with E-state index in [2.05, 4.69) is 20.0 Å². The van der Waals surface area contributed by atoms with Crippen LogP contribution >= 0.6 is 46.4 Å². The number of aromatic nitrogens is 2. The lowest BCUT2D eigenvalue weighted by Gasteiger charge is -2.02. The Morgan fingerprint density at radius 3 is 2.39 bits per heavy atom. The third-order valence-corrected chi connectivity index (χ3v) is 3.91. The van der Waals surface area contributed by atoms with Crippen LogP contribution in [0.4, 0.5) is 10.7 Å². The number of carbonyl (C=O) groups excluding carboxylic acids is 1. The van der Waals surface area contributed by atoms with Crippen LogP contribution < -0.4 is 5.32 Å². The molecule has 1 aromatic heterocycles. The highest BCUT2D eigenvalue weighted by atomic mass is 35.5. The molecule has 0 spiro atoms. The number of hydrogen-bond donors (Lipinski definition) is 2. The summed E-state index contributed by atoms with van der Waals surface area (Å²) in [6.45, 7) is 0. The van der Waals surface area contributed by atoms with Crippen LogP contribution in [-0.4, -0.2) is 23.2 Å². The Hall–Kier alpha value is -0.880. The molecule has 0 unspecified atom stereocenters. The van der Waals surface area contributed by atoms with Crippen molar-refractivity contribution >= 4 is 69.5 Å². The van der Waals surface area contributed by atoms with E-state index < -0.39 is 6.09 Å². The molecule has 0 radical (unpaired) electrons. The number of halogens is 4. The summed E-state index contributed by atoms with van der Waals surface area (Å²) in [7, 11) is 1.23. The number of fused-ring (bicyclic) bond motifs is 1. The quantitative estimate of drug-likeness (QED) is 0.604. The van der Waals surface area contributed by atoms with Gasteiger partial charge in [0.2, 0.25) is 5.95 Å². The van der Waals surface area contributed by atoms with Crippen LogP contribution in [0.15, 0.2) is 0 Å². The smallest absolute Gasteiger partial charge is 0.413 e. The van der Waals surface area contributed by atoms with E-state index >= 15 is 0 Å². The number of methoxy groups -OCH3 is 1. The van der Waals surface area contributed by atoms with Gasteiger partial charge in [0.25, 0.3) is 0 Å². The minimum atomic E-state index is -0.682. The first-order valence-electron chi connectivity index (χ1n) is 4.52. The molecular formula is C9H5Cl4N3O2. The van der Waals surface area contributed by atoms with E-state index in [0.717, 1.165) is 0 Å². The monoisotopic (exact) mass is 327 g/mol. The maximum absolute atomic E-state index is 11.1. The normalized spacial score (nSPS) is 10.7. The Morgan fingerprint density at radius 1 is 1.17 bits per heavy atom. The first kappa shape index (κ1) is 13.5. The summed E-state index contributed by atoms with van der Waals surface area (Å²) in [6.07, 6.45) is -0.682. The van der Waals surface area contributed by atoms with Crippen LogP contribution in [0.5, 0.6) is 0 Å². The number of hydrogen-bond acceptors (Lipinski definition) is 3. The van der Waals surface area contributed by atoms with Crippen molar-refractivity contribution in [2.45, 2.75) is 0 Å². The van der Waals surface area contributed by atoms with Crippen LogP contribution in [0.2, 0.25) is 20.1 Å². The number of anilines is 1. The van der Waals surface area contributed by atoms with Gasteiger partial charge in [0.15, 0.2) is 0 Å². The van der Waals surface area contributed by atoms with Gasteiger partial charge in [-0.2, -0.15) is 0 Å². The topological polar surface area (TPSA) is 67.0 Å². The van der Waals surface area contributed by atoms with E-state index in [0.29, 0.717) is 11.0 Å². The number of aromatic amines is 1. The number of carbonyl (C=O) groups is 1. The summed E-state index contributed by atoms with van der Waals surface area (Å²) >= 11 is 23.8. The van der Waals surface area contributed by atoms with Gasteiger partial charge in [0, 0.05) is 0 Å². The molecule has 2 aromatic rings. The van der Waals surface area contributed by atoms with E-state index in [1.165, 1.54) is 7.11 Å². The second-order valence-electron chi connectivity index (χ2n) is 3.18. The van der Waals surface area contributed by atoms with E-state index in [4.69, 9.17) is 46.4 Å². The van der Waals surface area contributed by atoms with Gasteiger partial charge < -0.3 is 9.72 Å². The van der Waals surface area contributed by atoms with Crippen molar-refractivity contribution in [1.82, 2.24) is 9.97 Å². The molecular weight excluding hydrogens is 324 g/mol. The van der Waals surface area contributed by atoms with Gasteiger partial charge in [0.1, 0.15) is 5.52 Å². The highest BCUT2D eigenvalue weighted by molar-refractivity contribution is 6.55. The van der Waals surface area contributed by atoms with Gasteiger partial charge in [-0.3, -0.25) is 5.32 Å². The van der Waals surface area contributed by atoms with Gasteiger partial charge >= 0.3 is 6.09 Å². The number of rotatable bonds is 1. The molecule has 9 heteroatoms. The molecule has 0 aliphatic heterocycles. The van der Waals surface area contributed by atoms with Crippen LogP contribution in [0.25, 0.3) is 11.0 Å². The number of nitrogens with one attached hydrogen (secondary N) is 2. The van der Waals surface area contributed by atoms with E-state index in [-0.39, 0.29) is 26.0 Å². The van der Waals surface area contributed by atoms with Crippen LogP contribution in [0.1, 0.15) is 0 Å². The predicted molar refractivity (Wildman–Crippen MR) is 72.2 cm³/mol. The number of ether oxygens (including phenoxy) is 1. The zero-order valence-corrected chi connectivity index (χ0v) is 11.8. The van der Waals surface area contributed by atoms with Crippen molar-refractivity contribution < 1.29 is 9.53 Å². The number of benzene rings is 1. The Labute approximate surface area is 121 Å². The standard InChI is InChI=1S/C9H5Cl4N3O2/c1-18-9(17)16-8-14-6-4(12)2(10)3(11)5(13)7(6)15-8/h1H3,(H2,14,15,16,17). The van der Waals surface area contributed by atoms with Crippen LogP contribution in [0.3, 0.4) is 0 Å². The second kappa shape index (κ2) is 5.01. The van der Waals surface area contributed by atoms with Crippen molar-refractivity contribution in [3.63, 3.8) is 0 Å². The molecule has 0 bridgehead atoms. The van der Waals surface area contributed by atoms with Crippen molar-refractivity contribution in [2.75, 3.05) is 12.4 Å². The van der Waals surface area contributed by atoms with Crippen LogP contribution in [-0.2, 0) is 4.74 Å². The summed E-state index contributed by atoms with van der Waals surface area (Å²) in [5.41, 5.74) is 0.685. The third-order valence-electron chi connectivity index (χ3n) is 2.12. The number of imidazole rings is 1. The van der Waals surface area contributed by atoms with E-state index in [1.807, 2.05) is 0 Å². The zero-order valence-electron chi connectivity index (χ0n) is 8.78. The van der Waals surface area contributed by atoms with Crippen LogP contribution in [0, 0.1) is 0 Å². The van der Waals surface area contributed by atoms with Gasteiger partial charge in [-0.1, -0.05) is 46.4 Å². The fourth-order valence-electron chi connectivity index (χ4n) is 1.30. The highest BCUT2D eigenvalue weighted by Gasteiger charge is 2.19. The maximum Gasteiger partial charge on any atom is 0.413 e. The summed E-state index contributed by atoms with van der Waals surface area (Å²) in [6, 6.07) is 0. The molecule has 0 atom stereocenters. The van der Waals surface area contributed by atoms with Gasteiger partial charge in [-0.25, -0.2) is 9.78 Å². The Morgan fingerprint density at radius 2 is 1.78 bits per heavy atom. The lowest BCUT2D eigenvalue weighted by atomic mass is 10.3. The minimum absolute atomic E-state index is 0.104. The van der Waals surface area contributed by atoms with Crippen molar-refractivity contribution in [3.8, 4) is 0 Å². The molecule has 1 amide bonds. The van der Waals surface area contributed by atoms with E-state index in [1.54, 1.807) is 0 Å². The fourth-order valence-corrected chi connectivity index (χ4v) is 2.24. The van der Waals surface area contributed by atoms with Crippen molar-refractivity contribution in [3.05, 3.63) is 20.1 Å². The molecule has 0 fully saturated rings. The van der Waals surface area contributed by atoms with Gasteiger partial charge in [0.05, 0.1) is 32.7 Å². The molecule has 0 aliphatic carbocycles. The number of H-pyrrole nitrogens is 1. The Bertz CT molecular complexity index is 596. The molecule has 18 heavy (non-hydrogen) atoms. The lowest BCUT2D eigenvalue weighted by molar-refractivity contribution is 0.186. The summed E-state index contributed by atoms with van der Waals surface area (Å²) < 4.78 is 4.43. The number of nitrogens with zero attached hydrogens (tertiary/aromatic N) is 1. The summed E-state index contributed by atoms with van der Waals surface area (Å²) in [5.74, 6) is 0.124. The zero-order chi connectivity index (χ0) is 13.4. The number of amides is 1. The van der Waals surface area contributed by atoms with Gasteiger partial charge in [-0.05, 0) is 0 Å². The molecule has 96 valence electrons. The Balaban J connectivity index is 2.61. The molecule has 0 saturated heterocycles. The molecule has 2 rings (SSSR count). The van der Waals surface area contributed by atoms with Crippen molar-refractivity contribution in [2.24, 2.45) is 0 Å². The SMILES string of the molecule is COC(=O)Nc1nc2c(Cl)c(Cl)c(Cl)c(Cl)c2[nH]1.